The summed E-state index contributed by atoms with van der Waals surface area (Å²) in [4.78, 5) is 16.6. The van der Waals surface area contributed by atoms with E-state index in [4.69, 9.17) is 27.9 Å². The van der Waals surface area contributed by atoms with Crippen molar-refractivity contribution in [3.05, 3.63) is 22.3 Å². The van der Waals surface area contributed by atoms with Crippen molar-refractivity contribution in [1.29, 1.82) is 0 Å². The van der Waals surface area contributed by atoms with Gasteiger partial charge in [-0.1, -0.05) is 23.2 Å². The number of pyridine rings is 1. The number of nitrogens with one attached hydrogen (secondary N) is 3. The number of rotatable bonds is 7. The average molecular weight is 361 g/mol. The highest BCUT2D eigenvalue weighted by molar-refractivity contribution is 6.35. The highest BCUT2D eigenvalue weighted by Crippen LogP contribution is 2.29. The molecule has 1 saturated heterocycles. The third kappa shape index (κ3) is 4.94. The maximum atomic E-state index is 12.5. The predicted octanol–water partition coefficient (Wildman–Crippen LogP) is 1.93. The molecule has 1 fully saturated rings. The van der Waals surface area contributed by atoms with Gasteiger partial charge in [0.2, 0.25) is 5.91 Å². The van der Waals surface area contributed by atoms with Crippen LogP contribution in [0.15, 0.2) is 12.3 Å². The van der Waals surface area contributed by atoms with Crippen LogP contribution in [-0.4, -0.2) is 50.8 Å². The third-order valence-electron chi connectivity index (χ3n) is 3.97. The van der Waals surface area contributed by atoms with Crippen molar-refractivity contribution in [2.75, 3.05) is 45.2 Å². The van der Waals surface area contributed by atoms with Gasteiger partial charge in [0.15, 0.2) is 0 Å². The Labute approximate surface area is 146 Å². The Bertz CT molecular complexity index is 531. The molecule has 1 aromatic rings. The van der Waals surface area contributed by atoms with Gasteiger partial charge in [-0.3, -0.25) is 4.79 Å². The summed E-state index contributed by atoms with van der Waals surface area (Å²) in [6.07, 6.45) is 3.09. The average Bonchev–Trinajstić information content (AvgIpc) is 2.54. The molecule has 1 aliphatic rings. The second-order valence-electron chi connectivity index (χ2n) is 5.63. The first-order chi connectivity index (χ1) is 11.1. The molecule has 0 saturated carbocycles. The Morgan fingerprint density at radius 2 is 2.13 bits per heavy atom. The first-order valence-corrected chi connectivity index (χ1v) is 8.36. The molecular formula is C15H22Cl2N4O2. The van der Waals surface area contributed by atoms with Crippen molar-refractivity contribution in [1.82, 2.24) is 15.6 Å². The molecule has 23 heavy (non-hydrogen) atoms. The van der Waals surface area contributed by atoms with Gasteiger partial charge in [-0.2, -0.15) is 0 Å². The summed E-state index contributed by atoms with van der Waals surface area (Å²) < 4.78 is 5.26. The monoisotopic (exact) mass is 360 g/mol. The smallest absolute Gasteiger partial charge is 0.228 e. The van der Waals surface area contributed by atoms with E-state index < -0.39 is 5.41 Å². The van der Waals surface area contributed by atoms with Crippen LogP contribution in [0.5, 0.6) is 0 Å². The van der Waals surface area contributed by atoms with Gasteiger partial charge in [-0.25, -0.2) is 4.98 Å². The van der Waals surface area contributed by atoms with E-state index in [1.54, 1.807) is 13.2 Å². The highest BCUT2D eigenvalue weighted by Gasteiger charge is 2.39. The van der Waals surface area contributed by atoms with Crippen LogP contribution >= 0.6 is 23.2 Å². The van der Waals surface area contributed by atoms with E-state index in [2.05, 4.69) is 20.9 Å². The largest absolute Gasteiger partial charge is 0.384 e. The number of hydrogen-bond donors (Lipinski definition) is 3. The summed E-state index contributed by atoms with van der Waals surface area (Å²) in [6.45, 7) is 3.12. The van der Waals surface area contributed by atoms with E-state index in [0.717, 1.165) is 25.9 Å². The molecule has 0 unspecified atom stereocenters. The summed E-state index contributed by atoms with van der Waals surface area (Å²) >= 11 is 11.8. The molecule has 128 valence electrons. The summed E-state index contributed by atoms with van der Waals surface area (Å²) in [5.41, 5.74) is -0.434. The van der Waals surface area contributed by atoms with Crippen molar-refractivity contribution in [2.45, 2.75) is 12.8 Å². The molecule has 0 aromatic carbocycles. The van der Waals surface area contributed by atoms with Gasteiger partial charge in [0.1, 0.15) is 5.82 Å². The number of hydrogen-bond acceptors (Lipinski definition) is 5. The molecule has 6 nitrogen and oxygen atoms in total. The van der Waals surface area contributed by atoms with Crippen molar-refractivity contribution in [3.8, 4) is 0 Å². The van der Waals surface area contributed by atoms with Gasteiger partial charge in [-0.05, 0) is 32.0 Å². The number of piperidine rings is 1. The van der Waals surface area contributed by atoms with E-state index in [9.17, 15) is 4.79 Å². The number of carbonyl (C=O) groups is 1. The van der Waals surface area contributed by atoms with Crippen LogP contribution in [0.4, 0.5) is 5.82 Å². The molecule has 2 rings (SSSR count). The third-order valence-corrected chi connectivity index (χ3v) is 4.47. The number of carbonyl (C=O) groups excluding carboxylic acids is 1. The molecule has 1 aromatic heterocycles. The summed E-state index contributed by atoms with van der Waals surface area (Å²) in [6, 6.07) is 1.62. The van der Waals surface area contributed by atoms with Crippen molar-refractivity contribution < 1.29 is 9.53 Å². The molecule has 0 aliphatic carbocycles. The first kappa shape index (κ1) is 18.3. The Morgan fingerprint density at radius 3 is 2.78 bits per heavy atom. The van der Waals surface area contributed by atoms with E-state index in [1.165, 1.54) is 6.20 Å². The van der Waals surface area contributed by atoms with Crippen LogP contribution in [0.1, 0.15) is 12.8 Å². The fourth-order valence-electron chi connectivity index (χ4n) is 2.71. The molecule has 1 aliphatic heterocycles. The Balaban J connectivity index is 1.81. The standard InChI is InChI=1S/C15H22Cl2N4O2/c1-23-10-15(2-4-18-5-3-15)14(22)20-7-6-19-13-12(17)8-11(16)9-21-13/h8-9,18H,2-7,10H2,1H3,(H,19,21)(H,20,22). The van der Waals surface area contributed by atoms with Gasteiger partial charge in [0, 0.05) is 26.4 Å². The fourth-order valence-corrected chi connectivity index (χ4v) is 3.15. The topological polar surface area (TPSA) is 75.3 Å². The van der Waals surface area contributed by atoms with E-state index in [-0.39, 0.29) is 5.91 Å². The normalized spacial score (nSPS) is 16.8. The van der Waals surface area contributed by atoms with Gasteiger partial charge in [0.25, 0.3) is 0 Å². The van der Waals surface area contributed by atoms with Crippen LogP contribution < -0.4 is 16.0 Å². The molecule has 1 amide bonds. The van der Waals surface area contributed by atoms with Gasteiger partial charge in [-0.15, -0.1) is 0 Å². The van der Waals surface area contributed by atoms with Crippen LogP contribution in [0.25, 0.3) is 0 Å². The van der Waals surface area contributed by atoms with Gasteiger partial charge in [0.05, 0.1) is 22.1 Å². The zero-order valence-corrected chi connectivity index (χ0v) is 14.6. The molecule has 3 N–H and O–H groups in total. The maximum Gasteiger partial charge on any atom is 0.228 e. The minimum atomic E-state index is -0.434. The quantitative estimate of drug-likeness (QED) is 0.647. The zero-order chi connectivity index (χ0) is 16.7. The SMILES string of the molecule is COCC1(C(=O)NCCNc2ncc(Cl)cc2Cl)CCNCC1. The van der Waals surface area contributed by atoms with Gasteiger partial charge >= 0.3 is 0 Å². The number of aromatic nitrogens is 1. The van der Waals surface area contributed by atoms with Crippen molar-refractivity contribution in [2.24, 2.45) is 5.41 Å². The van der Waals surface area contributed by atoms with Crippen LogP contribution in [-0.2, 0) is 9.53 Å². The van der Waals surface area contributed by atoms with E-state index in [0.29, 0.717) is 35.6 Å². The number of halogens is 2. The predicted molar refractivity (Wildman–Crippen MR) is 92.2 cm³/mol. The molecule has 0 spiro atoms. The maximum absolute atomic E-state index is 12.5. The van der Waals surface area contributed by atoms with Crippen molar-refractivity contribution >= 4 is 34.9 Å². The molecule has 2 heterocycles. The van der Waals surface area contributed by atoms with Crippen molar-refractivity contribution in [3.63, 3.8) is 0 Å². The van der Waals surface area contributed by atoms with Crippen LogP contribution in [0.2, 0.25) is 10.0 Å². The molecule has 0 radical (unpaired) electrons. The Hall–Kier alpha value is -1.08. The van der Waals surface area contributed by atoms with E-state index in [1.807, 2.05) is 0 Å². The highest BCUT2D eigenvalue weighted by atomic mass is 35.5. The number of amides is 1. The number of anilines is 1. The summed E-state index contributed by atoms with van der Waals surface area (Å²) in [5, 5.41) is 10.3. The lowest BCUT2D eigenvalue weighted by atomic mass is 9.78. The Morgan fingerprint density at radius 1 is 1.39 bits per heavy atom. The molecule has 0 atom stereocenters. The number of ether oxygens (including phenoxy) is 1. The lowest BCUT2D eigenvalue weighted by Gasteiger charge is -2.35. The lowest BCUT2D eigenvalue weighted by molar-refractivity contribution is -0.136. The molecule has 8 heteroatoms. The molecular weight excluding hydrogens is 339 g/mol. The summed E-state index contributed by atoms with van der Waals surface area (Å²) in [7, 11) is 1.63. The Kier molecular flexibility index (Phi) is 6.89. The second kappa shape index (κ2) is 8.68. The van der Waals surface area contributed by atoms with E-state index >= 15 is 0 Å². The second-order valence-corrected chi connectivity index (χ2v) is 6.47. The summed E-state index contributed by atoms with van der Waals surface area (Å²) in [5.74, 6) is 0.594. The number of nitrogens with zero attached hydrogens (tertiary/aromatic N) is 1. The molecule has 0 bridgehead atoms. The fraction of sp³-hybridized carbons (Fsp3) is 0.600. The lowest BCUT2D eigenvalue weighted by Crippen LogP contribution is -2.50. The first-order valence-electron chi connectivity index (χ1n) is 7.60. The van der Waals surface area contributed by atoms with Crippen LogP contribution in [0.3, 0.4) is 0 Å². The minimum Gasteiger partial charge on any atom is -0.384 e. The van der Waals surface area contributed by atoms with Gasteiger partial charge < -0.3 is 20.7 Å². The zero-order valence-electron chi connectivity index (χ0n) is 13.1. The van der Waals surface area contributed by atoms with Crippen LogP contribution in [0, 0.1) is 5.41 Å². The minimum absolute atomic E-state index is 0.0396. The number of methoxy groups -OCH3 is 1.